The number of hydrogen-bond donors (Lipinski definition) is 1. The SMILES string of the molecule is C=C1CCC(N2C(=O)c3ccc(N4CCC(CC5CCN(CCN6CCN(c7cc(C8=NCc9ccc(OC(C)C)cc98)ncn7)CC6)CC5)CC4)cc3C2=O)C(=O)N1. The number of fused-ring (bicyclic) bond motifs is 2. The quantitative estimate of drug-likeness (QED) is 0.261. The molecule has 4 fully saturated rings. The highest BCUT2D eigenvalue weighted by Gasteiger charge is 2.44. The summed E-state index contributed by atoms with van der Waals surface area (Å²) in [5.74, 6) is 2.25. The average Bonchev–Trinajstić information content (AvgIpc) is 3.78. The molecule has 0 spiro atoms. The maximum Gasteiger partial charge on any atom is 0.262 e. The van der Waals surface area contributed by atoms with Gasteiger partial charge in [0.25, 0.3) is 11.8 Å². The number of nitrogens with zero attached hydrogens (tertiary/aromatic N) is 8. The molecule has 1 unspecified atom stereocenters. The molecule has 13 heteroatoms. The standard InChI is InChI=1S/C46H57N9O4/c1-30(2)59-36-7-5-34-28-47-43(38(34)26-36)40-27-42(49-29-48-40)54-22-20-52(21-23-54)19-18-51-14-10-32(11-15-51)24-33-12-16-53(17-13-33)35-6-8-37-39(25-35)46(58)55(45(37)57)41-9-4-31(3)50-44(41)56/h5-8,25-27,29-30,32-33,41H,3-4,9-24,28H2,1-2H3,(H,50,56). The highest BCUT2D eigenvalue weighted by Crippen LogP contribution is 2.35. The number of likely N-dealkylation sites (tertiary alicyclic amines) is 1. The topological polar surface area (TPSA) is 127 Å². The molecular weight excluding hydrogens is 743 g/mol. The zero-order valence-electron chi connectivity index (χ0n) is 34.6. The Morgan fingerprint density at radius 3 is 2.20 bits per heavy atom. The first-order valence-electron chi connectivity index (χ1n) is 21.8. The van der Waals surface area contributed by atoms with E-state index in [2.05, 4.69) is 59.7 Å². The largest absolute Gasteiger partial charge is 0.491 e. The second kappa shape index (κ2) is 16.8. The number of rotatable bonds is 11. The van der Waals surface area contributed by atoms with Crippen molar-refractivity contribution in [3.05, 3.63) is 89.0 Å². The first kappa shape index (κ1) is 39.3. The summed E-state index contributed by atoms with van der Waals surface area (Å²) < 4.78 is 5.96. The summed E-state index contributed by atoms with van der Waals surface area (Å²) in [5.41, 5.74) is 6.51. The minimum absolute atomic E-state index is 0.117. The zero-order valence-corrected chi connectivity index (χ0v) is 34.6. The Kier molecular flexibility index (Phi) is 11.2. The Labute approximate surface area is 347 Å². The van der Waals surface area contributed by atoms with Crippen LogP contribution in [-0.2, 0) is 11.3 Å². The lowest BCUT2D eigenvalue weighted by Crippen LogP contribution is -2.51. The molecule has 6 aliphatic heterocycles. The minimum Gasteiger partial charge on any atom is -0.491 e. The molecule has 13 nitrogen and oxygen atoms in total. The fourth-order valence-electron chi connectivity index (χ4n) is 9.94. The van der Waals surface area contributed by atoms with Gasteiger partial charge in [-0.3, -0.25) is 29.2 Å². The van der Waals surface area contributed by atoms with Gasteiger partial charge in [0.05, 0.1) is 35.2 Å². The number of nitrogens with one attached hydrogen (secondary N) is 1. The van der Waals surface area contributed by atoms with E-state index < -0.39 is 6.04 Å². The van der Waals surface area contributed by atoms with E-state index in [1.165, 1.54) is 37.9 Å². The van der Waals surface area contributed by atoms with Crippen molar-refractivity contribution in [2.24, 2.45) is 16.8 Å². The van der Waals surface area contributed by atoms with Crippen molar-refractivity contribution in [2.75, 3.05) is 75.2 Å². The fraction of sp³-hybridized carbons (Fsp3) is 0.522. The Morgan fingerprint density at radius 1 is 0.763 bits per heavy atom. The van der Waals surface area contributed by atoms with E-state index in [4.69, 9.17) is 9.73 Å². The van der Waals surface area contributed by atoms with Crippen molar-refractivity contribution in [3.63, 3.8) is 0 Å². The van der Waals surface area contributed by atoms with Gasteiger partial charge in [0, 0.05) is 75.4 Å². The molecule has 1 N–H and O–H groups in total. The van der Waals surface area contributed by atoms with E-state index >= 15 is 0 Å². The molecule has 0 saturated carbocycles. The number of benzene rings is 2. The average molecular weight is 800 g/mol. The lowest BCUT2D eigenvalue weighted by atomic mass is 9.82. The van der Waals surface area contributed by atoms with E-state index in [0.717, 1.165) is 116 Å². The smallest absolute Gasteiger partial charge is 0.262 e. The van der Waals surface area contributed by atoms with Gasteiger partial charge in [0.2, 0.25) is 5.91 Å². The van der Waals surface area contributed by atoms with E-state index in [1.54, 1.807) is 12.4 Å². The molecule has 1 atom stereocenters. The summed E-state index contributed by atoms with van der Waals surface area (Å²) in [4.78, 5) is 64.5. The third kappa shape index (κ3) is 8.36. The van der Waals surface area contributed by atoms with Crippen LogP contribution in [0.3, 0.4) is 0 Å². The van der Waals surface area contributed by atoms with Gasteiger partial charge in [-0.05, 0) is 120 Å². The summed E-state index contributed by atoms with van der Waals surface area (Å²) in [6, 6.07) is 13.1. The molecule has 7 heterocycles. The number of anilines is 2. The number of carbonyl (C=O) groups is 3. The summed E-state index contributed by atoms with van der Waals surface area (Å²) in [7, 11) is 0. The van der Waals surface area contributed by atoms with Crippen LogP contribution in [0.5, 0.6) is 5.75 Å². The normalized spacial score (nSPS) is 22.3. The van der Waals surface area contributed by atoms with E-state index in [9.17, 15) is 14.4 Å². The van der Waals surface area contributed by atoms with Crippen LogP contribution in [0.25, 0.3) is 0 Å². The van der Waals surface area contributed by atoms with Crippen molar-refractivity contribution in [1.82, 2.24) is 30.0 Å². The number of hydrogen-bond acceptors (Lipinski definition) is 11. The van der Waals surface area contributed by atoms with Crippen molar-refractivity contribution >= 4 is 34.9 Å². The van der Waals surface area contributed by atoms with Crippen LogP contribution in [0.2, 0.25) is 0 Å². The zero-order chi connectivity index (χ0) is 40.6. The summed E-state index contributed by atoms with van der Waals surface area (Å²) in [5, 5.41) is 2.71. The van der Waals surface area contributed by atoms with Crippen molar-refractivity contribution in [1.29, 1.82) is 0 Å². The van der Waals surface area contributed by atoms with Crippen LogP contribution >= 0.6 is 0 Å². The van der Waals surface area contributed by atoms with Gasteiger partial charge in [-0.2, -0.15) is 0 Å². The molecule has 9 rings (SSSR count). The second-order valence-electron chi connectivity index (χ2n) is 17.5. The predicted molar refractivity (Wildman–Crippen MR) is 228 cm³/mol. The fourth-order valence-corrected chi connectivity index (χ4v) is 9.94. The lowest BCUT2D eigenvalue weighted by Gasteiger charge is -2.39. The van der Waals surface area contributed by atoms with Crippen molar-refractivity contribution < 1.29 is 19.1 Å². The van der Waals surface area contributed by atoms with Crippen molar-refractivity contribution in [3.8, 4) is 5.75 Å². The van der Waals surface area contributed by atoms with Gasteiger partial charge < -0.3 is 24.8 Å². The number of aliphatic imine (C=N–C) groups is 1. The molecule has 0 radical (unpaired) electrons. The number of amides is 3. The van der Waals surface area contributed by atoms with Gasteiger partial charge in [-0.25, -0.2) is 9.97 Å². The monoisotopic (exact) mass is 799 g/mol. The summed E-state index contributed by atoms with van der Waals surface area (Å²) >= 11 is 0. The number of imide groups is 1. The van der Waals surface area contributed by atoms with Crippen LogP contribution < -0.4 is 19.9 Å². The number of ether oxygens (including phenoxy) is 1. The van der Waals surface area contributed by atoms with E-state index in [1.807, 2.05) is 32.0 Å². The highest BCUT2D eigenvalue weighted by atomic mass is 16.5. The molecule has 1 aromatic heterocycles. The number of piperazine rings is 1. The van der Waals surface area contributed by atoms with Gasteiger partial charge in [0.1, 0.15) is 23.9 Å². The molecule has 3 amide bonds. The molecule has 4 saturated heterocycles. The van der Waals surface area contributed by atoms with Gasteiger partial charge in [0.15, 0.2) is 0 Å². The molecule has 310 valence electrons. The number of allylic oxidation sites excluding steroid dienone is 1. The molecule has 59 heavy (non-hydrogen) atoms. The Bertz CT molecular complexity index is 2130. The number of piperidine rings is 3. The Balaban J connectivity index is 0.690. The third-order valence-electron chi connectivity index (χ3n) is 13.3. The van der Waals surface area contributed by atoms with Crippen molar-refractivity contribution in [2.45, 2.75) is 77.5 Å². The minimum atomic E-state index is -0.787. The molecule has 3 aromatic rings. The van der Waals surface area contributed by atoms with Crippen LogP contribution in [-0.4, -0.2) is 126 Å². The van der Waals surface area contributed by atoms with E-state index in [0.29, 0.717) is 36.2 Å². The summed E-state index contributed by atoms with van der Waals surface area (Å²) in [6.07, 6.45) is 8.88. The molecular formula is C46H57N9O4. The van der Waals surface area contributed by atoms with Crippen LogP contribution in [0.4, 0.5) is 11.5 Å². The van der Waals surface area contributed by atoms with Crippen LogP contribution in [0, 0.1) is 11.8 Å². The predicted octanol–water partition coefficient (Wildman–Crippen LogP) is 5.14. The van der Waals surface area contributed by atoms with E-state index in [-0.39, 0.29) is 23.8 Å². The first-order chi connectivity index (χ1) is 28.7. The maximum atomic E-state index is 13.4. The molecule has 0 bridgehead atoms. The first-order valence-corrected chi connectivity index (χ1v) is 21.8. The number of carbonyl (C=O) groups excluding carboxylic acids is 3. The van der Waals surface area contributed by atoms with Crippen LogP contribution in [0.1, 0.15) is 96.3 Å². The lowest BCUT2D eigenvalue weighted by molar-refractivity contribution is -0.125. The Hall–Kier alpha value is -5.14. The molecule has 6 aliphatic rings. The van der Waals surface area contributed by atoms with Gasteiger partial charge in [-0.15, -0.1) is 0 Å². The van der Waals surface area contributed by atoms with Crippen LogP contribution in [0.15, 0.2) is 66.1 Å². The highest BCUT2D eigenvalue weighted by molar-refractivity contribution is 6.23. The van der Waals surface area contributed by atoms with Gasteiger partial charge >= 0.3 is 0 Å². The van der Waals surface area contributed by atoms with Gasteiger partial charge in [-0.1, -0.05) is 12.6 Å². The Morgan fingerprint density at radius 2 is 1.47 bits per heavy atom. The second-order valence-corrected chi connectivity index (χ2v) is 17.5. The third-order valence-corrected chi connectivity index (χ3v) is 13.3. The molecule has 0 aliphatic carbocycles. The maximum absolute atomic E-state index is 13.4. The number of aromatic nitrogens is 2. The summed E-state index contributed by atoms with van der Waals surface area (Å²) in [6.45, 7) is 19.0. The molecule has 2 aromatic carbocycles.